The molecule has 1 saturated heterocycles. The van der Waals surface area contributed by atoms with Gasteiger partial charge in [-0.15, -0.1) is 10.2 Å². The van der Waals surface area contributed by atoms with Gasteiger partial charge in [0.15, 0.2) is 0 Å². The largest absolute Gasteiger partial charge is 0.507 e. The van der Waals surface area contributed by atoms with E-state index in [4.69, 9.17) is 4.74 Å². The molecular weight excluding hydrogens is 378 g/mol. The van der Waals surface area contributed by atoms with E-state index in [9.17, 15) is 5.11 Å². The molecule has 4 heterocycles. The van der Waals surface area contributed by atoms with Crippen molar-refractivity contribution in [2.75, 3.05) is 7.05 Å². The smallest absolute Gasteiger partial charge is 0.233 e. The van der Waals surface area contributed by atoms with Gasteiger partial charge in [-0.05, 0) is 45.2 Å². The summed E-state index contributed by atoms with van der Waals surface area (Å²) in [5, 5.41) is 23.4. The summed E-state index contributed by atoms with van der Waals surface area (Å²) >= 11 is 0. The highest BCUT2D eigenvalue weighted by Crippen LogP contribution is 2.35. The number of fused-ring (bicyclic) bond motifs is 2. The summed E-state index contributed by atoms with van der Waals surface area (Å²) in [6, 6.07) is 11.9. The van der Waals surface area contributed by atoms with Crippen molar-refractivity contribution < 1.29 is 9.84 Å². The molecule has 7 heteroatoms. The third kappa shape index (κ3) is 3.35. The van der Waals surface area contributed by atoms with E-state index in [1.54, 1.807) is 10.7 Å². The summed E-state index contributed by atoms with van der Waals surface area (Å²) in [6.07, 6.45) is 6.27. The number of ether oxygens (including phenoxy) is 1. The molecule has 2 aromatic heterocycles. The Morgan fingerprint density at radius 1 is 1.07 bits per heavy atom. The summed E-state index contributed by atoms with van der Waals surface area (Å²) in [6.45, 7) is 4.13. The molecule has 0 aliphatic carbocycles. The lowest BCUT2D eigenvalue weighted by Gasteiger charge is -2.36. The number of piperidine rings is 1. The monoisotopic (exact) mass is 403 g/mol. The molecule has 1 fully saturated rings. The number of nitrogens with zero attached hydrogens (tertiary/aromatic N) is 5. The van der Waals surface area contributed by atoms with Gasteiger partial charge >= 0.3 is 0 Å². The number of aryl methyl sites for hydroxylation is 1. The van der Waals surface area contributed by atoms with E-state index in [0.717, 1.165) is 24.2 Å². The van der Waals surface area contributed by atoms with Gasteiger partial charge in [-0.25, -0.2) is 4.68 Å². The zero-order chi connectivity index (χ0) is 20.8. The van der Waals surface area contributed by atoms with Gasteiger partial charge in [-0.1, -0.05) is 11.6 Å². The first-order chi connectivity index (χ1) is 14.5. The number of phenols is 1. The van der Waals surface area contributed by atoms with Gasteiger partial charge in [0.25, 0.3) is 0 Å². The molecule has 154 valence electrons. The van der Waals surface area contributed by atoms with Crippen molar-refractivity contribution in [3.63, 3.8) is 0 Å². The summed E-state index contributed by atoms with van der Waals surface area (Å²) in [5.41, 5.74) is 4.36. The average molecular weight is 403 g/mol. The second-order valence-corrected chi connectivity index (χ2v) is 8.23. The Bertz CT molecular complexity index is 1110. The Morgan fingerprint density at radius 3 is 2.60 bits per heavy atom. The molecule has 0 saturated carbocycles. The third-order valence-corrected chi connectivity index (χ3v) is 6.16. The standard InChI is InChI=1S/C23H25N5O2/c1-14-10-17-11-18(13-21(14)27(17)3)30-23-7-6-20(24-25-23)19-5-4-16(12-22(19)29)28-9-8-15(2)26-28/h4-10,12,17-18,21,29H,11,13H2,1-3H3. The quantitative estimate of drug-likeness (QED) is 0.672. The molecule has 1 N–H and O–H groups in total. The summed E-state index contributed by atoms with van der Waals surface area (Å²) < 4.78 is 7.85. The first kappa shape index (κ1) is 18.8. The van der Waals surface area contributed by atoms with Crippen molar-refractivity contribution in [3.8, 4) is 28.6 Å². The van der Waals surface area contributed by atoms with Crippen LogP contribution >= 0.6 is 0 Å². The number of likely N-dealkylation sites (N-methyl/N-ethyl adjacent to an activating group) is 1. The van der Waals surface area contributed by atoms with E-state index in [1.807, 2.05) is 43.5 Å². The van der Waals surface area contributed by atoms with Crippen LogP contribution in [-0.2, 0) is 0 Å². The van der Waals surface area contributed by atoms with Crippen LogP contribution in [0.1, 0.15) is 25.5 Å². The van der Waals surface area contributed by atoms with Gasteiger partial charge in [0.1, 0.15) is 11.9 Å². The maximum atomic E-state index is 10.5. The van der Waals surface area contributed by atoms with Crippen molar-refractivity contribution in [2.45, 2.75) is 44.9 Å². The van der Waals surface area contributed by atoms with Crippen LogP contribution in [0, 0.1) is 6.92 Å². The fourth-order valence-electron chi connectivity index (χ4n) is 4.52. The molecule has 3 aromatic rings. The maximum Gasteiger partial charge on any atom is 0.233 e. The maximum absolute atomic E-state index is 10.5. The third-order valence-electron chi connectivity index (χ3n) is 6.16. The predicted octanol–water partition coefficient (Wildman–Crippen LogP) is 3.51. The van der Waals surface area contributed by atoms with Crippen LogP contribution in [0.5, 0.6) is 11.6 Å². The predicted molar refractivity (Wildman–Crippen MR) is 114 cm³/mol. The first-order valence-electron chi connectivity index (χ1n) is 10.2. The van der Waals surface area contributed by atoms with E-state index in [1.165, 1.54) is 5.57 Å². The molecule has 7 nitrogen and oxygen atoms in total. The number of phenolic OH excluding ortho intramolecular Hbond substituents is 1. The van der Waals surface area contributed by atoms with Crippen LogP contribution < -0.4 is 4.74 Å². The molecule has 3 unspecified atom stereocenters. The number of aromatic nitrogens is 4. The minimum atomic E-state index is 0.135. The van der Waals surface area contributed by atoms with Crippen LogP contribution in [0.15, 0.2) is 54.2 Å². The van der Waals surface area contributed by atoms with Crippen molar-refractivity contribution >= 4 is 0 Å². The van der Waals surface area contributed by atoms with Gasteiger partial charge in [-0.2, -0.15) is 5.10 Å². The Balaban J connectivity index is 1.30. The van der Waals surface area contributed by atoms with Gasteiger partial charge in [0.2, 0.25) is 5.88 Å². The molecule has 2 bridgehead atoms. The van der Waals surface area contributed by atoms with E-state index >= 15 is 0 Å². The SMILES string of the molecule is CC1=CC2CC(Oc3ccc(-c4ccc(-n5ccc(C)n5)cc4O)nn3)CC1N2C. The minimum absolute atomic E-state index is 0.135. The Kier molecular flexibility index (Phi) is 4.55. The van der Waals surface area contributed by atoms with Gasteiger partial charge in [0.05, 0.1) is 17.1 Å². The minimum Gasteiger partial charge on any atom is -0.507 e. The van der Waals surface area contributed by atoms with E-state index in [2.05, 4.69) is 40.2 Å². The number of hydrogen-bond acceptors (Lipinski definition) is 6. The molecule has 2 aliphatic rings. The molecular formula is C23H25N5O2. The number of benzene rings is 1. The highest BCUT2D eigenvalue weighted by molar-refractivity contribution is 5.68. The Labute approximate surface area is 175 Å². The van der Waals surface area contributed by atoms with Crippen molar-refractivity contribution in [3.05, 3.63) is 59.9 Å². The van der Waals surface area contributed by atoms with Crippen LogP contribution in [0.25, 0.3) is 16.9 Å². The Hall–Kier alpha value is -3.19. The molecule has 0 spiro atoms. The topological polar surface area (TPSA) is 76.3 Å². The van der Waals surface area contributed by atoms with E-state index < -0.39 is 0 Å². The zero-order valence-electron chi connectivity index (χ0n) is 17.4. The van der Waals surface area contributed by atoms with Crippen LogP contribution in [0.3, 0.4) is 0 Å². The number of aromatic hydroxyl groups is 1. The van der Waals surface area contributed by atoms with Crippen molar-refractivity contribution in [1.29, 1.82) is 0 Å². The highest BCUT2D eigenvalue weighted by Gasteiger charge is 2.38. The molecule has 1 aromatic carbocycles. The van der Waals surface area contributed by atoms with Crippen LogP contribution in [0.4, 0.5) is 0 Å². The van der Waals surface area contributed by atoms with Gasteiger partial charge in [0, 0.05) is 48.8 Å². The molecule has 0 amide bonds. The zero-order valence-corrected chi connectivity index (χ0v) is 17.4. The summed E-state index contributed by atoms with van der Waals surface area (Å²) in [4.78, 5) is 2.42. The molecule has 3 atom stereocenters. The lowest BCUT2D eigenvalue weighted by Crippen LogP contribution is -2.45. The lowest BCUT2D eigenvalue weighted by molar-refractivity contribution is 0.0690. The molecule has 5 rings (SSSR count). The summed E-state index contributed by atoms with van der Waals surface area (Å²) in [5.74, 6) is 0.658. The highest BCUT2D eigenvalue weighted by atomic mass is 16.5. The Morgan fingerprint density at radius 2 is 1.93 bits per heavy atom. The summed E-state index contributed by atoms with van der Waals surface area (Å²) in [7, 11) is 2.18. The number of rotatable bonds is 4. The molecule has 0 radical (unpaired) electrons. The van der Waals surface area contributed by atoms with Gasteiger partial charge < -0.3 is 9.84 Å². The average Bonchev–Trinajstić information content (AvgIpc) is 3.21. The number of hydrogen-bond donors (Lipinski definition) is 1. The molecule has 30 heavy (non-hydrogen) atoms. The van der Waals surface area contributed by atoms with Crippen molar-refractivity contribution in [1.82, 2.24) is 24.9 Å². The fraction of sp³-hybridized carbons (Fsp3) is 0.348. The second-order valence-electron chi connectivity index (χ2n) is 8.23. The lowest BCUT2D eigenvalue weighted by atomic mass is 9.98. The van der Waals surface area contributed by atoms with Gasteiger partial charge in [-0.3, -0.25) is 4.90 Å². The van der Waals surface area contributed by atoms with E-state index in [0.29, 0.717) is 29.2 Å². The molecule has 2 aliphatic heterocycles. The van der Waals surface area contributed by atoms with Crippen molar-refractivity contribution in [2.24, 2.45) is 0 Å². The van der Waals surface area contributed by atoms with Crippen LogP contribution in [-0.4, -0.2) is 55.2 Å². The van der Waals surface area contributed by atoms with E-state index in [-0.39, 0.29) is 11.9 Å². The first-order valence-corrected chi connectivity index (χ1v) is 10.2. The normalized spacial score (nSPS) is 23.4. The second kappa shape index (κ2) is 7.25. The fourth-order valence-corrected chi connectivity index (χ4v) is 4.52. The van der Waals surface area contributed by atoms with Crippen LogP contribution in [0.2, 0.25) is 0 Å².